The number of carbonyl (C=O) groups excluding carboxylic acids is 1. The highest BCUT2D eigenvalue weighted by Crippen LogP contribution is 2.26. The van der Waals surface area contributed by atoms with Crippen LogP contribution in [-0.4, -0.2) is 18.1 Å². The molecule has 2 amide bonds. The fraction of sp³-hybridized carbons (Fsp3) is 0.0909. The first-order valence-electron chi connectivity index (χ1n) is 5.00. The van der Waals surface area contributed by atoms with Crippen LogP contribution < -0.4 is 15.4 Å². The van der Waals surface area contributed by atoms with Gasteiger partial charge in [0.25, 0.3) is 0 Å². The molecule has 2 N–H and O–H groups in total. The Balaban J connectivity index is 2.03. The van der Waals surface area contributed by atoms with Gasteiger partial charge in [0.15, 0.2) is 5.13 Å². The number of urea groups is 1. The molecule has 0 saturated heterocycles. The van der Waals surface area contributed by atoms with E-state index in [9.17, 15) is 4.79 Å². The highest BCUT2D eigenvalue weighted by Gasteiger charge is 2.07. The number of amides is 2. The van der Waals surface area contributed by atoms with Crippen molar-refractivity contribution in [2.24, 2.45) is 0 Å². The molecule has 0 unspecified atom stereocenters. The van der Waals surface area contributed by atoms with Crippen LogP contribution >= 0.6 is 22.9 Å². The Kier molecular flexibility index (Phi) is 4.01. The lowest BCUT2D eigenvalue weighted by Crippen LogP contribution is -2.19. The first-order valence-corrected chi connectivity index (χ1v) is 6.26. The van der Waals surface area contributed by atoms with Crippen LogP contribution in [0.1, 0.15) is 0 Å². The molecule has 94 valence electrons. The van der Waals surface area contributed by atoms with E-state index in [1.807, 2.05) is 0 Å². The van der Waals surface area contributed by atoms with Gasteiger partial charge in [-0.2, -0.15) is 0 Å². The van der Waals surface area contributed by atoms with Crippen LogP contribution in [0.3, 0.4) is 0 Å². The smallest absolute Gasteiger partial charge is 0.325 e. The average Bonchev–Trinajstić information content (AvgIpc) is 2.84. The molecule has 2 aromatic rings. The summed E-state index contributed by atoms with van der Waals surface area (Å²) in [6, 6.07) is 4.62. The predicted molar refractivity (Wildman–Crippen MR) is 72.8 cm³/mol. The lowest BCUT2D eigenvalue weighted by Gasteiger charge is -2.08. The molecule has 0 bridgehead atoms. The topological polar surface area (TPSA) is 63.2 Å². The molecule has 0 atom stereocenters. The number of hydrogen-bond donors (Lipinski definition) is 2. The first-order chi connectivity index (χ1) is 8.69. The van der Waals surface area contributed by atoms with E-state index in [2.05, 4.69) is 15.6 Å². The van der Waals surface area contributed by atoms with Crippen LogP contribution in [0.4, 0.5) is 15.6 Å². The van der Waals surface area contributed by atoms with E-state index < -0.39 is 6.03 Å². The van der Waals surface area contributed by atoms with E-state index in [1.165, 1.54) is 11.3 Å². The van der Waals surface area contributed by atoms with E-state index in [4.69, 9.17) is 16.3 Å². The van der Waals surface area contributed by atoms with Crippen molar-refractivity contribution < 1.29 is 9.53 Å². The summed E-state index contributed by atoms with van der Waals surface area (Å²) in [5.41, 5.74) is 0.506. The van der Waals surface area contributed by atoms with Gasteiger partial charge in [0, 0.05) is 17.6 Å². The van der Waals surface area contributed by atoms with Gasteiger partial charge in [-0.25, -0.2) is 9.78 Å². The SMILES string of the molecule is COc1ccc(NC(=O)Nc2nccs2)c(Cl)c1. The predicted octanol–water partition coefficient (Wildman–Crippen LogP) is 3.45. The Morgan fingerprint density at radius 2 is 2.28 bits per heavy atom. The minimum absolute atomic E-state index is 0.392. The zero-order chi connectivity index (χ0) is 13.0. The second kappa shape index (κ2) is 5.70. The van der Waals surface area contributed by atoms with Crippen molar-refractivity contribution in [3.63, 3.8) is 0 Å². The number of methoxy groups -OCH3 is 1. The molecular weight excluding hydrogens is 274 g/mol. The average molecular weight is 284 g/mol. The highest BCUT2D eigenvalue weighted by molar-refractivity contribution is 7.13. The largest absolute Gasteiger partial charge is 0.497 e. The quantitative estimate of drug-likeness (QED) is 0.907. The van der Waals surface area contributed by atoms with E-state index in [0.717, 1.165) is 0 Å². The number of halogens is 1. The lowest BCUT2D eigenvalue weighted by atomic mass is 10.3. The van der Waals surface area contributed by atoms with Crippen LogP contribution in [0.2, 0.25) is 5.02 Å². The van der Waals surface area contributed by atoms with E-state index >= 15 is 0 Å². The van der Waals surface area contributed by atoms with E-state index in [-0.39, 0.29) is 0 Å². The van der Waals surface area contributed by atoms with Crippen LogP contribution in [0, 0.1) is 0 Å². The molecule has 1 aromatic heterocycles. The number of nitrogens with one attached hydrogen (secondary N) is 2. The molecule has 5 nitrogen and oxygen atoms in total. The van der Waals surface area contributed by atoms with Gasteiger partial charge in [0.2, 0.25) is 0 Å². The Labute approximate surface area is 113 Å². The minimum atomic E-state index is -0.392. The van der Waals surface area contributed by atoms with Crippen LogP contribution in [-0.2, 0) is 0 Å². The van der Waals surface area contributed by atoms with Crippen molar-refractivity contribution in [1.82, 2.24) is 4.98 Å². The molecule has 0 saturated carbocycles. The summed E-state index contributed by atoms with van der Waals surface area (Å²) in [5, 5.41) is 7.93. The summed E-state index contributed by atoms with van der Waals surface area (Å²) in [7, 11) is 1.55. The monoisotopic (exact) mass is 283 g/mol. The Bertz CT molecular complexity index is 545. The second-order valence-corrected chi connectivity index (χ2v) is 4.56. The molecule has 0 fully saturated rings. The van der Waals surface area contributed by atoms with Crippen LogP contribution in [0.25, 0.3) is 0 Å². The number of aromatic nitrogens is 1. The third-order valence-corrected chi connectivity index (χ3v) is 3.08. The van der Waals surface area contributed by atoms with Crippen LogP contribution in [0.15, 0.2) is 29.8 Å². The number of carbonyl (C=O) groups is 1. The van der Waals surface area contributed by atoms with Gasteiger partial charge in [-0.15, -0.1) is 11.3 Å². The normalized spacial score (nSPS) is 9.89. The molecule has 1 heterocycles. The maximum Gasteiger partial charge on any atom is 0.325 e. The molecule has 2 rings (SSSR count). The molecule has 18 heavy (non-hydrogen) atoms. The van der Waals surface area contributed by atoms with Gasteiger partial charge in [0.1, 0.15) is 5.75 Å². The number of nitrogens with zero attached hydrogens (tertiary/aromatic N) is 1. The number of benzene rings is 1. The molecule has 0 aliphatic carbocycles. The van der Waals surface area contributed by atoms with Gasteiger partial charge >= 0.3 is 6.03 Å². The zero-order valence-electron chi connectivity index (χ0n) is 9.44. The van der Waals surface area contributed by atoms with Gasteiger partial charge in [-0.1, -0.05) is 11.6 Å². The number of thiazole rings is 1. The van der Waals surface area contributed by atoms with Gasteiger partial charge < -0.3 is 10.1 Å². The van der Waals surface area contributed by atoms with Gasteiger partial charge in [-0.3, -0.25) is 5.32 Å². The van der Waals surface area contributed by atoms with E-state index in [1.54, 1.807) is 36.9 Å². The lowest BCUT2D eigenvalue weighted by molar-refractivity contribution is 0.262. The summed E-state index contributed by atoms with van der Waals surface area (Å²) in [6.45, 7) is 0. The Morgan fingerprint density at radius 1 is 1.44 bits per heavy atom. The molecule has 7 heteroatoms. The summed E-state index contributed by atoms with van der Waals surface area (Å²) in [5.74, 6) is 0.630. The third kappa shape index (κ3) is 3.12. The zero-order valence-corrected chi connectivity index (χ0v) is 11.0. The first kappa shape index (κ1) is 12.7. The van der Waals surface area contributed by atoms with Crippen molar-refractivity contribution in [1.29, 1.82) is 0 Å². The number of rotatable bonds is 3. The van der Waals surface area contributed by atoms with E-state index in [0.29, 0.717) is 21.6 Å². The maximum absolute atomic E-state index is 11.6. The second-order valence-electron chi connectivity index (χ2n) is 3.26. The summed E-state index contributed by atoms with van der Waals surface area (Å²) in [4.78, 5) is 15.6. The molecular formula is C11H10ClN3O2S. The number of anilines is 2. The fourth-order valence-electron chi connectivity index (χ4n) is 1.26. The highest BCUT2D eigenvalue weighted by atomic mass is 35.5. The fourth-order valence-corrected chi connectivity index (χ4v) is 2.00. The van der Waals surface area contributed by atoms with Crippen LogP contribution in [0.5, 0.6) is 5.75 Å². The van der Waals surface area contributed by atoms with Crippen molar-refractivity contribution in [2.45, 2.75) is 0 Å². The number of hydrogen-bond acceptors (Lipinski definition) is 4. The van der Waals surface area contributed by atoms with Crippen molar-refractivity contribution in [2.75, 3.05) is 17.7 Å². The van der Waals surface area contributed by atoms with Gasteiger partial charge in [-0.05, 0) is 12.1 Å². The molecule has 0 aliphatic rings. The summed E-state index contributed by atoms with van der Waals surface area (Å²) in [6.07, 6.45) is 1.61. The standard InChI is InChI=1S/C11H10ClN3O2S/c1-17-7-2-3-9(8(12)6-7)14-10(16)15-11-13-4-5-18-11/h2-6H,1H3,(H2,13,14,15,16). The molecule has 0 aliphatic heterocycles. The minimum Gasteiger partial charge on any atom is -0.497 e. The number of ether oxygens (including phenoxy) is 1. The molecule has 0 radical (unpaired) electrons. The summed E-state index contributed by atoms with van der Waals surface area (Å²) < 4.78 is 5.02. The molecule has 0 spiro atoms. The van der Waals surface area contributed by atoms with Crippen molar-refractivity contribution in [3.8, 4) is 5.75 Å². The Morgan fingerprint density at radius 3 is 2.89 bits per heavy atom. The third-order valence-electron chi connectivity index (χ3n) is 2.08. The van der Waals surface area contributed by atoms with Gasteiger partial charge in [0.05, 0.1) is 17.8 Å². The van der Waals surface area contributed by atoms with Crippen molar-refractivity contribution >= 4 is 39.8 Å². The van der Waals surface area contributed by atoms with Crippen molar-refractivity contribution in [3.05, 3.63) is 34.8 Å². The maximum atomic E-state index is 11.6. The molecule has 1 aromatic carbocycles. The Hall–Kier alpha value is -1.79. The summed E-state index contributed by atoms with van der Waals surface area (Å²) >= 11 is 7.33.